The Hall–Kier alpha value is -1.56. The highest BCUT2D eigenvalue weighted by Gasteiger charge is 2.45. The Labute approximate surface area is 95.8 Å². The fourth-order valence-corrected chi connectivity index (χ4v) is 1.20. The van der Waals surface area contributed by atoms with Crippen molar-refractivity contribution in [3.8, 4) is 0 Å². The van der Waals surface area contributed by atoms with Gasteiger partial charge in [-0.05, 0) is 19.1 Å². The number of aliphatic hydroxyl groups is 1. The molecular formula is C11H11F3O3. The van der Waals surface area contributed by atoms with Gasteiger partial charge in [-0.3, -0.25) is 0 Å². The minimum Gasteiger partial charge on any atom is -0.464 e. The van der Waals surface area contributed by atoms with E-state index in [1.165, 1.54) is 6.92 Å². The molecule has 0 amide bonds. The van der Waals surface area contributed by atoms with E-state index in [4.69, 9.17) is 0 Å². The van der Waals surface area contributed by atoms with Gasteiger partial charge in [-0.1, -0.05) is 12.1 Å². The third kappa shape index (κ3) is 2.97. The highest BCUT2D eigenvalue weighted by Crippen LogP contribution is 2.32. The van der Waals surface area contributed by atoms with E-state index >= 15 is 0 Å². The Kier molecular flexibility index (Phi) is 4.11. The lowest BCUT2D eigenvalue weighted by Gasteiger charge is -2.21. The van der Waals surface area contributed by atoms with Gasteiger partial charge in [-0.15, -0.1) is 0 Å². The van der Waals surface area contributed by atoms with Crippen molar-refractivity contribution in [2.24, 2.45) is 0 Å². The van der Waals surface area contributed by atoms with Gasteiger partial charge in [0.05, 0.1) is 6.61 Å². The molecule has 94 valence electrons. The van der Waals surface area contributed by atoms with E-state index in [1.54, 1.807) is 0 Å². The van der Waals surface area contributed by atoms with Gasteiger partial charge >= 0.3 is 11.9 Å². The molecule has 0 bridgehead atoms. The SMILES string of the molecule is CCOC(=O)[C@H](O)C(F)(F)c1ccc(F)cc1. The average Bonchev–Trinajstić information content (AvgIpc) is 2.29. The minimum atomic E-state index is -3.82. The summed E-state index contributed by atoms with van der Waals surface area (Å²) in [5.74, 6) is -5.92. The maximum atomic E-state index is 13.6. The van der Waals surface area contributed by atoms with E-state index in [9.17, 15) is 23.1 Å². The Morgan fingerprint density at radius 3 is 2.41 bits per heavy atom. The third-order valence-electron chi connectivity index (χ3n) is 2.08. The molecule has 0 aliphatic carbocycles. The molecule has 1 N–H and O–H groups in total. The molecule has 0 heterocycles. The molecule has 1 aromatic rings. The largest absolute Gasteiger partial charge is 0.464 e. The van der Waals surface area contributed by atoms with Crippen molar-refractivity contribution in [3.63, 3.8) is 0 Å². The fraction of sp³-hybridized carbons (Fsp3) is 0.364. The highest BCUT2D eigenvalue weighted by atomic mass is 19.3. The van der Waals surface area contributed by atoms with Crippen LogP contribution in [-0.4, -0.2) is 23.8 Å². The molecule has 3 nitrogen and oxygen atoms in total. The predicted molar refractivity (Wildman–Crippen MR) is 52.9 cm³/mol. The molecule has 0 saturated heterocycles. The van der Waals surface area contributed by atoms with Crippen LogP contribution >= 0.6 is 0 Å². The Morgan fingerprint density at radius 1 is 1.41 bits per heavy atom. The number of carbonyl (C=O) groups is 1. The van der Waals surface area contributed by atoms with Gasteiger partial charge in [-0.2, -0.15) is 8.78 Å². The second-order valence-electron chi connectivity index (χ2n) is 3.28. The van der Waals surface area contributed by atoms with E-state index in [1.807, 2.05) is 0 Å². The van der Waals surface area contributed by atoms with E-state index in [-0.39, 0.29) is 6.61 Å². The van der Waals surface area contributed by atoms with Crippen LogP contribution in [0.3, 0.4) is 0 Å². The molecule has 1 atom stereocenters. The Balaban J connectivity index is 2.93. The first kappa shape index (κ1) is 13.5. The Morgan fingerprint density at radius 2 is 1.94 bits per heavy atom. The van der Waals surface area contributed by atoms with Crippen LogP contribution < -0.4 is 0 Å². The second kappa shape index (κ2) is 5.18. The number of aliphatic hydroxyl groups excluding tert-OH is 1. The zero-order valence-electron chi connectivity index (χ0n) is 8.99. The van der Waals surface area contributed by atoms with Crippen molar-refractivity contribution in [1.82, 2.24) is 0 Å². The summed E-state index contributed by atoms with van der Waals surface area (Å²) >= 11 is 0. The van der Waals surface area contributed by atoms with E-state index in [0.29, 0.717) is 0 Å². The zero-order chi connectivity index (χ0) is 13.1. The predicted octanol–water partition coefficient (Wildman–Crippen LogP) is 1.84. The molecule has 0 radical (unpaired) electrons. The monoisotopic (exact) mass is 248 g/mol. The van der Waals surface area contributed by atoms with Crippen LogP contribution in [0.2, 0.25) is 0 Å². The molecule has 0 fully saturated rings. The van der Waals surface area contributed by atoms with Gasteiger partial charge < -0.3 is 9.84 Å². The van der Waals surface area contributed by atoms with Crippen molar-refractivity contribution >= 4 is 5.97 Å². The molecule has 0 unspecified atom stereocenters. The highest BCUT2D eigenvalue weighted by molar-refractivity contribution is 5.76. The van der Waals surface area contributed by atoms with Crippen LogP contribution in [0.4, 0.5) is 13.2 Å². The normalized spacial score (nSPS) is 13.2. The van der Waals surface area contributed by atoms with Gasteiger partial charge in [-0.25, -0.2) is 9.18 Å². The van der Waals surface area contributed by atoms with Crippen LogP contribution in [0.25, 0.3) is 0 Å². The molecule has 17 heavy (non-hydrogen) atoms. The average molecular weight is 248 g/mol. The molecule has 0 saturated carbocycles. The Bertz CT molecular complexity index is 389. The van der Waals surface area contributed by atoms with Crippen LogP contribution in [0.5, 0.6) is 0 Å². The van der Waals surface area contributed by atoms with Crippen LogP contribution in [0.1, 0.15) is 12.5 Å². The summed E-state index contributed by atoms with van der Waals surface area (Å²) in [7, 11) is 0. The summed E-state index contributed by atoms with van der Waals surface area (Å²) in [4.78, 5) is 11.0. The van der Waals surface area contributed by atoms with Crippen molar-refractivity contribution in [1.29, 1.82) is 0 Å². The number of hydrogen-bond acceptors (Lipinski definition) is 3. The first-order valence-corrected chi connectivity index (χ1v) is 4.88. The molecule has 0 aliphatic rings. The molecule has 0 aromatic heterocycles. The maximum Gasteiger partial charge on any atom is 0.341 e. The summed E-state index contributed by atoms with van der Waals surface area (Å²) in [5, 5.41) is 9.18. The van der Waals surface area contributed by atoms with Gasteiger partial charge in [0, 0.05) is 5.56 Å². The second-order valence-corrected chi connectivity index (χ2v) is 3.28. The molecule has 6 heteroatoms. The molecule has 1 rings (SSSR count). The minimum absolute atomic E-state index is 0.116. The fourth-order valence-electron chi connectivity index (χ4n) is 1.20. The topological polar surface area (TPSA) is 46.5 Å². The van der Waals surface area contributed by atoms with E-state index in [2.05, 4.69) is 4.74 Å². The number of rotatable bonds is 4. The summed E-state index contributed by atoms with van der Waals surface area (Å²) in [5.41, 5.74) is -0.653. The molecule has 1 aromatic carbocycles. The van der Waals surface area contributed by atoms with Crippen LogP contribution in [0.15, 0.2) is 24.3 Å². The van der Waals surface area contributed by atoms with Crippen molar-refractivity contribution < 1.29 is 27.8 Å². The first-order chi connectivity index (χ1) is 7.89. The molecule has 0 spiro atoms. The van der Waals surface area contributed by atoms with Crippen molar-refractivity contribution in [2.75, 3.05) is 6.61 Å². The summed E-state index contributed by atoms with van der Waals surface area (Å²) in [6, 6.07) is 3.25. The number of benzene rings is 1. The molecule has 0 aliphatic heterocycles. The van der Waals surface area contributed by atoms with E-state index in [0.717, 1.165) is 24.3 Å². The number of alkyl halides is 2. The quantitative estimate of drug-likeness (QED) is 0.827. The summed E-state index contributed by atoms with van der Waals surface area (Å²) in [6.07, 6.45) is -2.60. The van der Waals surface area contributed by atoms with Gasteiger partial charge in [0.25, 0.3) is 0 Å². The van der Waals surface area contributed by atoms with E-state index < -0.39 is 29.4 Å². The van der Waals surface area contributed by atoms with Gasteiger partial charge in [0.2, 0.25) is 6.10 Å². The molecular weight excluding hydrogens is 237 g/mol. The first-order valence-electron chi connectivity index (χ1n) is 4.88. The standard InChI is InChI=1S/C11H11F3O3/c1-2-17-10(16)9(15)11(13,14)7-3-5-8(12)6-4-7/h3-6,9,15H,2H2,1H3/t9-/m0/s1. The maximum absolute atomic E-state index is 13.6. The lowest BCUT2D eigenvalue weighted by molar-refractivity contribution is -0.178. The number of ether oxygens (including phenoxy) is 1. The lowest BCUT2D eigenvalue weighted by atomic mass is 10.0. The number of esters is 1. The van der Waals surface area contributed by atoms with Crippen molar-refractivity contribution in [3.05, 3.63) is 35.6 Å². The van der Waals surface area contributed by atoms with Crippen LogP contribution in [0, 0.1) is 5.82 Å². The number of hydrogen-bond donors (Lipinski definition) is 1. The summed E-state index contributed by atoms with van der Waals surface area (Å²) < 4.78 is 44.0. The van der Waals surface area contributed by atoms with Crippen molar-refractivity contribution in [2.45, 2.75) is 19.0 Å². The summed E-state index contributed by atoms with van der Waals surface area (Å²) in [6.45, 7) is 1.32. The lowest BCUT2D eigenvalue weighted by Crippen LogP contribution is -2.39. The third-order valence-corrected chi connectivity index (χ3v) is 2.08. The van der Waals surface area contributed by atoms with Gasteiger partial charge in [0.1, 0.15) is 5.82 Å². The zero-order valence-corrected chi connectivity index (χ0v) is 8.99. The number of halogens is 3. The van der Waals surface area contributed by atoms with Gasteiger partial charge in [0.15, 0.2) is 0 Å². The van der Waals surface area contributed by atoms with Crippen LogP contribution in [-0.2, 0) is 15.5 Å². The number of carbonyl (C=O) groups excluding carboxylic acids is 1. The smallest absolute Gasteiger partial charge is 0.341 e.